The molecule has 2 amide bonds. The van der Waals surface area contributed by atoms with E-state index in [0.29, 0.717) is 6.54 Å². The second kappa shape index (κ2) is 8.17. The van der Waals surface area contributed by atoms with Crippen molar-refractivity contribution in [3.63, 3.8) is 0 Å². The standard InChI is InChI=1S/C17H21ClN4O2/c18-16-4-2-1-3-14(16)5-7-19-17(23)22-10-8-21(9-11-22)13-15-6-12-24-20-15/h1-4,6,12H,5,7-11,13H2,(H,19,23). The highest BCUT2D eigenvalue weighted by Crippen LogP contribution is 2.15. The number of hydrogen-bond donors (Lipinski definition) is 1. The Morgan fingerprint density at radius 3 is 2.71 bits per heavy atom. The predicted octanol–water partition coefficient (Wildman–Crippen LogP) is 2.40. The van der Waals surface area contributed by atoms with Gasteiger partial charge < -0.3 is 14.7 Å². The fraction of sp³-hybridized carbons (Fsp3) is 0.412. The summed E-state index contributed by atoms with van der Waals surface area (Å²) in [6.45, 7) is 4.46. The third-order valence-electron chi connectivity index (χ3n) is 4.16. The molecule has 0 spiro atoms. The monoisotopic (exact) mass is 348 g/mol. The Morgan fingerprint density at radius 1 is 1.21 bits per heavy atom. The summed E-state index contributed by atoms with van der Waals surface area (Å²) in [5.74, 6) is 0. The molecule has 1 aliphatic heterocycles. The van der Waals surface area contributed by atoms with Crippen molar-refractivity contribution < 1.29 is 9.32 Å². The Morgan fingerprint density at radius 2 is 2.00 bits per heavy atom. The first-order chi connectivity index (χ1) is 11.7. The van der Waals surface area contributed by atoms with E-state index in [2.05, 4.69) is 15.4 Å². The van der Waals surface area contributed by atoms with Crippen LogP contribution < -0.4 is 5.32 Å². The van der Waals surface area contributed by atoms with Crippen LogP contribution in [0.1, 0.15) is 11.3 Å². The summed E-state index contributed by atoms with van der Waals surface area (Å²) >= 11 is 6.12. The molecule has 1 aromatic heterocycles. The molecule has 3 rings (SSSR count). The molecular formula is C17H21ClN4O2. The first-order valence-electron chi connectivity index (χ1n) is 8.10. The summed E-state index contributed by atoms with van der Waals surface area (Å²) in [4.78, 5) is 16.4. The van der Waals surface area contributed by atoms with Crippen molar-refractivity contribution in [1.82, 2.24) is 20.3 Å². The third kappa shape index (κ3) is 4.49. The largest absolute Gasteiger partial charge is 0.364 e. The van der Waals surface area contributed by atoms with Gasteiger partial charge in [-0.2, -0.15) is 0 Å². The molecule has 2 heterocycles. The van der Waals surface area contributed by atoms with E-state index >= 15 is 0 Å². The molecule has 0 aliphatic carbocycles. The lowest BCUT2D eigenvalue weighted by Gasteiger charge is -2.34. The number of carbonyl (C=O) groups excluding carboxylic acids is 1. The maximum absolute atomic E-state index is 12.2. The number of nitrogens with zero attached hydrogens (tertiary/aromatic N) is 3. The Balaban J connectivity index is 1.38. The zero-order chi connectivity index (χ0) is 16.8. The first-order valence-corrected chi connectivity index (χ1v) is 8.48. The molecule has 0 radical (unpaired) electrons. The van der Waals surface area contributed by atoms with Crippen molar-refractivity contribution in [3.05, 3.63) is 52.9 Å². The van der Waals surface area contributed by atoms with Crippen LogP contribution >= 0.6 is 11.6 Å². The van der Waals surface area contributed by atoms with Gasteiger partial charge in [-0.15, -0.1) is 0 Å². The third-order valence-corrected chi connectivity index (χ3v) is 4.53. The molecule has 1 saturated heterocycles. The van der Waals surface area contributed by atoms with E-state index < -0.39 is 0 Å². The molecule has 0 unspecified atom stereocenters. The number of carbonyl (C=O) groups is 1. The van der Waals surface area contributed by atoms with Crippen LogP contribution in [-0.2, 0) is 13.0 Å². The van der Waals surface area contributed by atoms with E-state index in [4.69, 9.17) is 16.1 Å². The molecule has 1 aromatic carbocycles. The molecule has 6 nitrogen and oxygen atoms in total. The number of halogens is 1. The fourth-order valence-corrected chi connectivity index (χ4v) is 3.00. The van der Waals surface area contributed by atoms with Crippen LogP contribution in [0.15, 0.2) is 41.1 Å². The summed E-state index contributed by atoms with van der Waals surface area (Å²) in [5, 5.41) is 7.64. The van der Waals surface area contributed by atoms with Crippen molar-refractivity contribution in [2.45, 2.75) is 13.0 Å². The van der Waals surface area contributed by atoms with Gasteiger partial charge in [-0.05, 0) is 18.1 Å². The van der Waals surface area contributed by atoms with Gasteiger partial charge in [-0.1, -0.05) is 35.0 Å². The summed E-state index contributed by atoms with van der Waals surface area (Å²) in [5.41, 5.74) is 1.98. The van der Waals surface area contributed by atoms with Gasteiger partial charge in [-0.25, -0.2) is 4.79 Å². The van der Waals surface area contributed by atoms with Crippen LogP contribution in [-0.4, -0.2) is 53.7 Å². The van der Waals surface area contributed by atoms with E-state index in [1.807, 2.05) is 35.2 Å². The number of benzene rings is 1. The summed E-state index contributed by atoms with van der Waals surface area (Å²) in [6.07, 6.45) is 2.32. The van der Waals surface area contributed by atoms with Crippen molar-refractivity contribution >= 4 is 17.6 Å². The van der Waals surface area contributed by atoms with E-state index in [-0.39, 0.29) is 6.03 Å². The van der Waals surface area contributed by atoms with E-state index in [9.17, 15) is 4.79 Å². The van der Waals surface area contributed by atoms with E-state index in [1.54, 1.807) is 6.26 Å². The minimum atomic E-state index is -0.0110. The second-order valence-electron chi connectivity index (χ2n) is 5.83. The SMILES string of the molecule is O=C(NCCc1ccccc1Cl)N1CCN(Cc2ccon2)CC1. The maximum atomic E-state index is 12.2. The summed E-state index contributed by atoms with van der Waals surface area (Å²) in [6, 6.07) is 9.57. The number of hydrogen-bond acceptors (Lipinski definition) is 4. The number of piperazine rings is 1. The zero-order valence-electron chi connectivity index (χ0n) is 13.4. The highest BCUT2D eigenvalue weighted by Gasteiger charge is 2.21. The quantitative estimate of drug-likeness (QED) is 0.901. The van der Waals surface area contributed by atoms with Gasteiger partial charge in [0.25, 0.3) is 0 Å². The van der Waals surface area contributed by atoms with Crippen molar-refractivity contribution in [2.24, 2.45) is 0 Å². The average Bonchev–Trinajstić information content (AvgIpc) is 3.10. The van der Waals surface area contributed by atoms with Gasteiger partial charge in [-0.3, -0.25) is 4.90 Å². The fourth-order valence-electron chi connectivity index (χ4n) is 2.77. The molecule has 0 atom stereocenters. The molecule has 0 saturated carbocycles. The van der Waals surface area contributed by atoms with E-state index in [1.165, 1.54) is 0 Å². The van der Waals surface area contributed by atoms with Gasteiger partial charge in [0.1, 0.15) is 6.26 Å². The molecule has 1 aliphatic rings. The lowest BCUT2D eigenvalue weighted by molar-refractivity contribution is 0.133. The molecule has 7 heteroatoms. The molecule has 24 heavy (non-hydrogen) atoms. The van der Waals surface area contributed by atoms with Gasteiger partial charge in [0.2, 0.25) is 0 Å². The highest BCUT2D eigenvalue weighted by atomic mass is 35.5. The number of urea groups is 1. The Kier molecular flexibility index (Phi) is 5.72. The van der Waals surface area contributed by atoms with Crippen LogP contribution in [0.4, 0.5) is 4.79 Å². The van der Waals surface area contributed by atoms with Crippen LogP contribution in [0.25, 0.3) is 0 Å². The Hall–Kier alpha value is -2.05. The van der Waals surface area contributed by atoms with Gasteiger partial charge in [0, 0.05) is 50.4 Å². The van der Waals surface area contributed by atoms with Crippen molar-refractivity contribution in [3.8, 4) is 0 Å². The molecule has 1 N–H and O–H groups in total. The van der Waals surface area contributed by atoms with Crippen molar-refractivity contribution in [2.75, 3.05) is 32.7 Å². The van der Waals surface area contributed by atoms with E-state index in [0.717, 1.165) is 55.4 Å². The molecular weight excluding hydrogens is 328 g/mol. The first kappa shape index (κ1) is 16.8. The Bertz CT molecular complexity index is 654. The van der Waals surface area contributed by atoms with Gasteiger partial charge >= 0.3 is 6.03 Å². The molecule has 128 valence electrons. The lowest BCUT2D eigenvalue weighted by Crippen LogP contribution is -2.51. The molecule has 0 bridgehead atoms. The van der Waals surface area contributed by atoms with Crippen LogP contribution in [0.3, 0.4) is 0 Å². The topological polar surface area (TPSA) is 61.6 Å². The minimum absolute atomic E-state index is 0.0110. The predicted molar refractivity (Wildman–Crippen MR) is 91.9 cm³/mol. The highest BCUT2D eigenvalue weighted by molar-refractivity contribution is 6.31. The van der Waals surface area contributed by atoms with Gasteiger partial charge in [0.05, 0.1) is 5.69 Å². The molecule has 2 aromatic rings. The Labute approximate surface area is 146 Å². The normalized spacial score (nSPS) is 15.5. The maximum Gasteiger partial charge on any atom is 0.317 e. The molecule has 1 fully saturated rings. The van der Waals surface area contributed by atoms with Crippen LogP contribution in [0.2, 0.25) is 5.02 Å². The average molecular weight is 349 g/mol. The number of nitrogens with one attached hydrogen (secondary N) is 1. The smallest absolute Gasteiger partial charge is 0.317 e. The number of aromatic nitrogens is 1. The van der Waals surface area contributed by atoms with Crippen LogP contribution in [0, 0.1) is 0 Å². The minimum Gasteiger partial charge on any atom is -0.364 e. The zero-order valence-corrected chi connectivity index (χ0v) is 14.2. The van der Waals surface area contributed by atoms with Gasteiger partial charge in [0.15, 0.2) is 0 Å². The van der Waals surface area contributed by atoms with Crippen LogP contribution in [0.5, 0.6) is 0 Å². The number of amides is 2. The van der Waals surface area contributed by atoms with Crippen molar-refractivity contribution in [1.29, 1.82) is 0 Å². The summed E-state index contributed by atoms with van der Waals surface area (Å²) in [7, 11) is 0. The second-order valence-corrected chi connectivity index (χ2v) is 6.23. The number of rotatable bonds is 5. The lowest BCUT2D eigenvalue weighted by atomic mass is 10.1. The summed E-state index contributed by atoms with van der Waals surface area (Å²) < 4.78 is 4.84.